The van der Waals surface area contributed by atoms with E-state index in [2.05, 4.69) is 290 Å². The lowest BCUT2D eigenvalue weighted by atomic mass is 10.0. The number of halogens is 1. The number of aromatic nitrogens is 2. The Bertz CT molecular complexity index is 6310. The van der Waals surface area contributed by atoms with Crippen LogP contribution < -0.4 is 39.0 Å². The molecule has 18 aromatic rings. The van der Waals surface area contributed by atoms with Crippen LogP contribution in [0.2, 0.25) is 5.02 Å². The molecule has 22 rings (SSSR count). The fraction of sp³-hybridized carbons (Fsp3) is 0. The molecule has 0 atom stereocenters. The van der Waals surface area contributed by atoms with E-state index in [9.17, 15) is 0 Å². The molecule has 2 aromatic heterocycles. The summed E-state index contributed by atoms with van der Waals surface area (Å²) in [5.74, 6) is 6.36. The highest BCUT2D eigenvalue weighted by molar-refractivity contribution is 6.30. The van der Waals surface area contributed by atoms with Crippen molar-refractivity contribution < 1.29 is 18.9 Å². The summed E-state index contributed by atoms with van der Waals surface area (Å²) < 4.78 is 30.3. The first-order valence-electron chi connectivity index (χ1n) is 35.7. The van der Waals surface area contributed by atoms with Gasteiger partial charge in [0.15, 0.2) is 46.0 Å². The zero-order chi connectivity index (χ0) is 70.9. The van der Waals surface area contributed by atoms with Gasteiger partial charge in [-0.2, -0.15) is 0 Å². The number of benzene rings is 16. The second-order valence-electron chi connectivity index (χ2n) is 26.6. The highest BCUT2D eigenvalue weighted by Gasteiger charge is 2.37. The Hall–Kier alpha value is -14.2. The highest BCUT2D eigenvalue weighted by atomic mass is 35.5. The number of hydrogen-bond donors (Lipinski definition) is 1. The standard InChI is InChI=1S/C48H31N3O2.C24H14ClNO2.C24H18N2/c1-3-13-34(14-4-1)49(37-27-28-39-38-17-7-8-18-40(38)50(43(39)31-37)35-15-5-2-6-16-35)36-25-23-32(24-26-36)33-29-46-48-47(30-33)53-45-22-12-10-20-42(45)51(48)41-19-9-11-21-44(41)52-46;25-17-11-9-15(10-12-17)16-13-22-24-23(14-16)28-21-8-4-2-6-19(21)26(24)18-5-1-3-7-20(18)27-22;1-3-9-18(10-4-1)25-19-15-16-22-21-13-7-8-14-23(21)26(24(22)17-19)20-11-5-2-6-12-20/h1-31H;1-14H;1-17,25H. The second-order valence-corrected chi connectivity index (χ2v) is 27.1. The van der Waals surface area contributed by atoms with Crippen LogP contribution in [0.25, 0.3) is 77.2 Å². The average Bonchev–Trinajstić information content (AvgIpc) is 1.61. The predicted molar refractivity (Wildman–Crippen MR) is 438 cm³/mol. The highest BCUT2D eigenvalue weighted by Crippen LogP contribution is 2.62. The van der Waals surface area contributed by atoms with Crippen molar-refractivity contribution in [2.24, 2.45) is 0 Å². The summed E-state index contributed by atoms with van der Waals surface area (Å²) in [5.41, 5.74) is 22.5. The van der Waals surface area contributed by atoms with Crippen molar-refractivity contribution in [2.45, 2.75) is 0 Å². The summed E-state index contributed by atoms with van der Waals surface area (Å²) in [4.78, 5) is 6.79. The maximum Gasteiger partial charge on any atom is 0.156 e. The minimum atomic E-state index is 0.713. The zero-order valence-electron chi connectivity index (χ0n) is 57.5. The van der Waals surface area contributed by atoms with E-state index >= 15 is 0 Å². The molecule has 107 heavy (non-hydrogen) atoms. The first-order valence-corrected chi connectivity index (χ1v) is 36.1. The van der Waals surface area contributed by atoms with Crippen molar-refractivity contribution in [3.8, 4) is 79.6 Å². The van der Waals surface area contributed by atoms with E-state index in [4.69, 9.17) is 30.5 Å². The second kappa shape index (κ2) is 26.3. The van der Waals surface area contributed by atoms with Crippen LogP contribution in [-0.2, 0) is 0 Å². The molecular formula is C96H63ClN6O4. The van der Waals surface area contributed by atoms with Crippen molar-refractivity contribution in [3.05, 3.63) is 381 Å². The van der Waals surface area contributed by atoms with E-state index in [0.29, 0.717) is 5.02 Å². The summed E-state index contributed by atoms with van der Waals surface area (Å²) in [6.07, 6.45) is 0. The SMILES string of the molecule is Clc1ccc(-c2cc3c4c(c2)Oc2ccccc2N4c2ccccc2O3)cc1.c1ccc(N(c2ccc(-c3cc4c5c(c3)Oc3ccccc3N5c3ccccc3O4)cc2)c2ccc3c4ccccc4n(-c4ccccc4)c3c2)cc1.c1ccc(Nc2ccc3c4ccccc4n(-c4ccccc4)c3c2)cc1. The van der Waals surface area contributed by atoms with E-state index in [0.717, 1.165) is 142 Å². The van der Waals surface area contributed by atoms with Crippen molar-refractivity contribution in [2.75, 3.05) is 20.0 Å². The quantitative estimate of drug-likeness (QED) is 0.153. The molecule has 0 unspecified atom stereocenters. The van der Waals surface area contributed by atoms with Crippen molar-refractivity contribution >= 4 is 118 Å². The lowest BCUT2D eigenvalue weighted by Crippen LogP contribution is -2.20. The van der Waals surface area contributed by atoms with E-state index in [-0.39, 0.29) is 0 Å². The molecule has 508 valence electrons. The largest absolute Gasteiger partial charge is 0.453 e. The lowest BCUT2D eigenvalue weighted by Gasteiger charge is -2.38. The van der Waals surface area contributed by atoms with Crippen LogP contribution in [0.15, 0.2) is 376 Å². The molecule has 0 saturated heterocycles. The minimum Gasteiger partial charge on any atom is -0.453 e. The van der Waals surface area contributed by atoms with Gasteiger partial charge in [0, 0.05) is 66.4 Å². The molecule has 0 amide bonds. The molecule has 6 heterocycles. The van der Waals surface area contributed by atoms with Gasteiger partial charge in [0.25, 0.3) is 0 Å². The van der Waals surface area contributed by atoms with Crippen LogP contribution in [0.3, 0.4) is 0 Å². The Balaban J connectivity index is 0.000000117. The Morgan fingerprint density at radius 1 is 0.243 bits per heavy atom. The normalized spacial score (nSPS) is 12.2. The van der Waals surface area contributed by atoms with Gasteiger partial charge in [-0.3, -0.25) is 9.80 Å². The molecule has 4 aliphatic rings. The van der Waals surface area contributed by atoms with E-state index < -0.39 is 0 Å². The molecule has 11 heteroatoms. The van der Waals surface area contributed by atoms with E-state index in [1.54, 1.807) is 0 Å². The third kappa shape index (κ3) is 11.1. The summed E-state index contributed by atoms with van der Waals surface area (Å²) in [5, 5.41) is 9.22. The minimum absolute atomic E-state index is 0.713. The molecule has 10 nitrogen and oxygen atoms in total. The number of anilines is 11. The number of hydrogen-bond acceptors (Lipinski definition) is 8. The lowest BCUT2D eigenvalue weighted by molar-refractivity contribution is 0.446. The molecule has 16 aromatic carbocycles. The van der Waals surface area contributed by atoms with Crippen LogP contribution in [0, 0.1) is 0 Å². The van der Waals surface area contributed by atoms with Gasteiger partial charge in [-0.05, 0) is 204 Å². The molecule has 4 aliphatic heterocycles. The van der Waals surface area contributed by atoms with Gasteiger partial charge in [-0.25, -0.2) is 0 Å². The first kappa shape index (κ1) is 62.6. The molecule has 1 N–H and O–H groups in total. The molecule has 0 aliphatic carbocycles. The summed E-state index contributed by atoms with van der Waals surface area (Å²) in [7, 11) is 0. The maximum absolute atomic E-state index is 6.55. The van der Waals surface area contributed by atoms with Crippen molar-refractivity contribution in [1.82, 2.24) is 9.13 Å². The smallest absolute Gasteiger partial charge is 0.156 e. The number of fused-ring (bicyclic) bond motifs is 14. The van der Waals surface area contributed by atoms with E-state index in [1.807, 2.05) is 115 Å². The number of rotatable bonds is 9. The number of nitrogens with one attached hydrogen (secondary N) is 1. The summed E-state index contributed by atoms with van der Waals surface area (Å²) >= 11 is 6.06. The number of nitrogens with zero attached hydrogens (tertiary/aromatic N) is 5. The number of para-hydroxylation sites is 14. The van der Waals surface area contributed by atoms with Crippen molar-refractivity contribution in [3.63, 3.8) is 0 Å². The Morgan fingerprint density at radius 2 is 0.589 bits per heavy atom. The van der Waals surface area contributed by atoms with Crippen LogP contribution in [0.5, 0.6) is 46.0 Å². The van der Waals surface area contributed by atoms with Gasteiger partial charge in [0.2, 0.25) is 0 Å². The third-order valence-electron chi connectivity index (χ3n) is 20.2. The Labute approximate surface area is 622 Å². The van der Waals surface area contributed by atoms with Gasteiger partial charge in [0.05, 0.1) is 44.8 Å². The predicted octanol–water partition coefficient (Wildman–Crippen LogP) is 27.8. The van der Waals surface area contributed by atoms with Crippen LogP contribution in [0.1, 0.15) is 0 Å². The zero-order valence-corrected chi connectivity index (χ0v) is 58.3. The molecule has 0 bridgehead atoms. The van der Waals surface area contributed by atoms with Crippen LogP contribution in [0.4, 0.5) is 62.6 Å². The average molecular weight is 1400 g/mol. The van der Waals surface area contributed by atoms with Crippen LogP contribution >= 0.6 is 11.6 Å². The molecule has 0 radical (unpaired) electrons. The fourth-order valence-electron chi connectivity index (χ4n) is 15.4. The topological polar surface area (TPSA) is 68.5 Å². The molecular weight excluding hydrogens is 1340 g/mol. The van der Waals surface area contributed by atoms with Crippen molar-refractivity contribution in [1.29, 1.82) is 0 Å². The van der Waals surface area contributed by atoms with Crippen LogP contribution in [-0.4, -0.2) is 9.13 Å². The van der Waals surface area contributed by atoms with E-state index in [1.165, 1.54) is 43.8 Å². The summed E-state index contributed by atoms with van der Waals surface area (Å²) in [6, 6.07) is 130. The molecule has 0 spiro atoms. The first-order chi connectivity index (χ1) is 53.0. The van der Waals surface area contributed by atoms with Gasteiger partial charge in [0.1, 0.15) is 11.4 Å². The van der Waals surface area contributed by atoms with Gasteiger partial charge < -0.3 is 38.3 Å². The maximum atomic E-state index is 6.55. The molecule has 0 saturated carbocycles. The van der Waals surface area contributed by atoms with Gasteiger partial charge in [-0.15, -0.1) is 0 Å². The monoisotopic (exact) mass is 1400 g/mol. The van der Waals surface area contributed by atoms with Gasteiger partial charge >= 0.3 is 0 Å². The molecule has 0 fully saturated rings. The fourth-order valence-corrected chi connectivity index (χ4v) is 15.5. The number of ether oxygens (including phenoxy) is 4. The Kier molecular flexibility index (Phi) is 15.4. The summed E-state index contributed by atoms with van der Waals surface area (Å²) in [6.45, 7) is 0. The Morgan fingerprint density at radius 3 is 1.05 bits per heavy atom. The van der Waals surface area contributed by atoms with Gasteiger partial charge in [-0.1, -0.05) is 206 Å². The third-order valence-corrected chi connectivity index (χ3v) is 20.4.